The zero-order valence-corrected chi connectivity index (χ0v) is 50.6. The van der Waals surface area contributed by atoms with E-state index in [0.717, 1.165) is 55.1 Å². The first-order valence-corrected chi connectivity index (χ1v) is 33.8. The van der Waals surface area contributed by atoms with Gasteiger partial charge in [0.25, 0.3) is 0 Å². The van der Waals surface area contributed by atoms with Gasteiger partial charge < -0.3 is 54.2 Å². The number of anilines is 4. The highest BCUT2D eigenvalue weighted by Gasteiger charge is 2.35. The third-order valence-corrected chi connectivity index (χ3v) is 20.4. The molecule has 0 amide bonds. The Balaban J connectivity index is 1.07. The average Bonchev–Trinajstić information content (AvgIpc) is 2.23. The van der Waals surface area contributed by atoms with Gasteiger partial charge in [0.1, 0.15) is 25.8 Å². The van der Waals surface area contributed by atoms with Crippen LogP contribution in [0, 0.1) is 23.7 Å². The molecule has 0 radical (unpaired) electrons. The molecule has 4 aromatic carbocycles. The first-order chi connectivity index (χ1) is 40.4. The molecule has 0 saturated carbocycles. The Labute approximate surface area is 498 Å². The van der Waals surface area contributed by atoms with Crippen LogP contribution in [-0.2, 0) is 37.6 Å². The van der Waals surface area contributed by atoms with Gasteiger partial charge in [-0.05, 0) is 128 Å². The number of fused-ring (bicyclic) bond motifs is 2. The maximum absolute atomic E-state index is 15.0. The number of piperidine rings is 1. The van der Waals surface area contributed by atoms with Crippen molar-refractivity contribution in [1.82, 2.24) is 4.90 Å². The van der Waals surface area contributed by atoms with Gasteiger partial charge in [0.15, 0.2) is 13.2 Å². The van der Waals surface area contributed by atoms with Crippen molar-refractivity contribution in [1.29, 1.82) is 0 Å². The number of ether oxygens (including phenoxy) is 4. The molecule has 2 aliphatic rings. The van der Waals surface area contributed by atoms with Gasteiger partial charge in [-0.2, -0.15) is 52.7 Å². The van der Waals surface area contributed by atoms with Gasteiger partial charge >= 0.3 is 24.7 Å². The first-order valence-electron chi connectivity index (χ1n) is 27.2. The van der Waals surface area contributed by atoms with Crippen LogP contribution in [0.1, 0.15) is 52.1 Å². The molecular formula is C59H63F12N5O6P2S2. The number of benzene rings is 4. The third-order valence-electron chi connectivity index (χ3n) is 14.2. The molecule has 4 heterocycles. The number of hydrogen-bond donors (Lipinski definition) is 4. The zero-order valence-electron chi connectivity index (χ0n) is 47.2. The number of thiophene rings is 2. The summed E-state index contributed by atoms with van der Waals surface area (Å²) in [6.07, 6.45) is -19.1. The summed E-state index contributed by atoms with van der Waals surface area (Å²) in [5.74, 6) is 10.6. The number of hydrogen-bond acceptors (Lipinski definition) is 13. The molecule has 11 nitrogen and oxygen atoms in total. The van der Waals surface area contributed by atoms with E-state index in [-0.39, 0.29) is 91.1 Å². The van der Waals surface area contributed by atoms with Gasteiger partial charge in [-0.25, -0.2) is 0 Å². The summed E-state index contributed by atoms with van der Waals surface area (Å²) < 4.78 is 216. The molecule has 27 heteroatoms. The summed E-state index contributed by atoms with van der Waals surface area (Å²) in [6.45, 7) is 4.18. The number of halogens is 12. The predicted molar refractivity (Wildman–Crippen MR) is 318 cm³/mol. The summed E-state index contributed by atoms with van der Waals surface area (Å²) in [4.78, 5) is 2.48. The van der Waals surface area contributed by atoms with Gasteiger partial charge in [0, 0.05) is 68.8 Å². The minimum atomic E-state index is -4.81. The number of likely N-dealkylation sites (tertiary alicyclic amines) is 1. The Bertz CT molecular complexity index is 3580. The highest BCUT2D eigenvalue weighted by molar-refractivity contribution is 7.70. The van der Waals surface area contributed by atoms with Crippen LogP contribution in [0.3, 0.4) is 0 Å². The van der Waals surface area contributed by atoms with Gasteiger partial charge in [0.05, 0.1) is 74.4 Å². The van der Waals surface area contributed by atoms with Crippen LogP contribution in [-0.4, -0.2) is 135 Å². The second kappa shape index (κ2) is 27.7. The number of rotatable bonds is 21. The lowest BCUT2D eigenvalue weighted by Gasteiger charge is -2.32. The van der Waals surface area contributed by atoms with Crippen molar-refractivity contribution in [3.8, 4) is 35.2 Å². The lowest BCUT2D eigenvalue weighted by atomic mass is 10.0. The maximum Gasteiger partial charge on any atom is 0.422 e. The van der Waals surface area contributed by atoms with Crippen LogP contribution in [0.5, 0.6) is 11.5 Å². The van der Waals surface area contributed by atoms with E-state index in [1.807, 2.05) is 6.07 Å². The van der Waals surface area contributed by atoms with E-state index in [2.05, 4.69) is 49.8 Å². The van der Waals surface area contributed by atoms with E-state index in [4.69, 9.17) is 18.9 Å². The van der Waals surface area contributed by atoms with Crippen molar-refractivity contribution < 1.29 is 80.8 Å². The zero-order chi connectivity index (χ0) is 62.2. The molecule has 2 aliphatic heterocycles. The molecule has 2 fully saturated rings. The minimum Gasteiger partial charge on any atom is -0.482 e. The molecule has 1 atom stereocenters. The third kappa shape index (κ3) is 18.9. The number of alkyl halides is 12. The van der Waals surface area contributed by atoms with E-state index in [9.17, 15) is 61.8 Å². The SMILES string of the molecule is COCCN1CCC(Nc2cccc3c(CC(F)(F)F)c(C#CCNc4ccc(P(C)(=O)Cc5cc(NC6CCOCC6)c6sc(C#CCNc7ccc(P(C)(C)=O)cc7OCC(F)(F)F)c(CC(F)(F)F)c6c5)cc4OCC(F)(F)F)sc23)CC1. The van der Waals surface area contributed by atoms with E-state index in [1.54, 1.807) is 25.3 Å². The fourth-order valence-corrected chi connectivity index (χ4v) is 15.0. The predicted octanol–water partition coefficient (Wildman–Crippen LogP) is 14.3. The van der Waals surface area contributed by atoms with Crippen molar-refractivity contribution in [2.24, 2.45) is 0 Å². The monoisotopic (exact) mass is 1290 g/mol. The normalized spacial score (nSPS) is 15.8. The maximum atomic E-state index is 15.0. The molecule has 86 heavy (non-hydrogen) atoms. The molecule has 8 rings (SSSR count). The first kappa shape index (κ1) is 66.2. The van der Waals surface area contributed by atoms with Crippen molar-refractivity contribution in [3.05, 3.63) is 93.2 Å². The summed E-state index contributed by atoms with van der Waals surface area (Å²) in [5.41, 5.74) is 1.28. The Kier molecular flexibility index (Phi) is 21.3. The Hall–Kier alpha value is -5.78. The lowest BCUT2D eigenvalue weighted by Crippen LogP contribution is -2.40. The smallest absolute Gasteiger partial charge is 0.422 e. The molecular weight excluding hydrogens is 1230 g/mol. The summed E-state index contributed by atoms with van der Waals surface area (Å²) >= 11 is 2.08. The van der Waals surface area contributed by atoms with Gasteiger partial charge in [-0.1, -0.05) is 35.8 Å². The second-order valence-electron chi connectivity index (χ2n) is 21.5. The largest absolute Gasteiger partial charge is 0.482 e. The van der Waals surface area contributed by atoms with Crippen LogP contribution in [0.4, 0.5) is 75.4 Å². The quantitative estimate of drug-likeness (QED) is 0.0313. The van der Waals surface area contributed by atoms with Gasteiger partial charge in [-0.15, -0.1) is 22.7 Å². The summed E-state index contributed by atoms with van der Waals surface area (Å²) in [5, 5.41) is 13.6. The highest BCUT2D eigenvalue weighted by atomic mass is 32.1. The van der Waals surface area contributed by atoms with Crippen LogP contribution in [0.2, 0.25) is 0 Å². The average molecular weight is 1290 g/mol. The van der Waals surface area contributed by atoms with Crippen molar-refractivity contribution >= 4 is 90.5 Å². The Morgan fingerprint density at radius 1 is 0.616 bits per heavy atom. The van der Waals surface area contributed by atoms with E-state index >= 15 is 0 Å². The fourth-order valence-electron chi connectivity index (χ4n) is 10.0. The number of nitrogens with one attached hydrogen (secondary N) is 4. The van der Waals surface area contributed by atoms with E-state index in [1.165, 1.54) is 62.5 Å². The molecule has 1 unspecified atom stereocenters. The molecule has 466 valence electrons. The van der Waals surface area contributed by atoms with E-state index < -0.39 is 65.0 Å². The van der Waals surface area contributed by atoms with Crippen LogP contribution in [0.15, 0.2) is 66.7 Å². The summed E-state index contributed by atoms with van der Waals surface area (Å²) in [6, 6.07) is 16.2. The number of nitrogens with zero attached hydrogens (tertiary/aromatic N) is 1. The van der Waals surface area contributed by atoms with Crippen molar-refractivity contribution in [3.63, 3.8) is 0 Å². The Morgan fingerprint density at radius 2 is 1.13 bits per heavy atom. The fraction of sp³-hybridized carbons (Fsp3) is 0.458. The van der Waals surface area contributed by atoms with Crippen LogP contribution < -0.4 is 41.3 Å². The number of methoxy groups -OCH3 is 1. The lowest BCUT2D eigenvalue weighted by molar-refractivity contribution is -0.154. The topological polar surface area (TPSA) is 122 Å². The van der Waals surface area contributed by atoms with Crippen LogP contribution >= 0.6 is 37.0 Å². The van der Waals surface area contributed by atoms with Crippen molar-refractivity contribution in [2.75, 3.05) is 114 Å². The molecule has 4 N–H and O–H groups in total. The summed E-state index contributed by atoms with van der Waals surface area (Å²) in [7, 11) is -4.98. The second-order valence-corrected chi connectivity index (χ2v) is 29.8. The minimum absolute atomic E-state index is 0.000180. The molecule has 0 bridgehead atoms. The standard InChI is InChI=1S/C59H63F12N5O6P2S2/c1-79-27-24-76-22-16-38(17-23-76)74-48-9-5-8-42-44(32-56(60,61)62)52(85-54(42)48)10-6-20-73-47-15-13-41(31-51(47)82-36-59(69,70)71)84(4,78)34-37-28-43-45(33-57(63,64)65)53(86-55(43)49(29-37)75-39-18-25-80-26-19-39)11-7-21-72-46-14-12-40(83(2,3)77)30-50(46)81-35-58(66,67)68/h5,8-9,12-15,28-31,38-39,72-75H,16-27,32-36H2,1-4H3. The molecule has 2 saturated heterocycles. The molecule has 2 aromatic heterocycles. The Morgan fingerprint density at radius 3 is 1.66 bits per heavy atom. The van der Waals surface area contributed by atoms with Gasteiger partial charge in [0.2, 0.25) is 0 Å². The van der Waals surface area contributed by atoms with Gasteiger partial charge in [-0.3, -0.25) is 0 Å². The van der Waals surface area contributed by atoms with E-state index in [0.29, 0.717) is 64.4 Å². The van der Waals surface area contributed by atoms with Crippen LogP contribution in [0.25, 0.3) is 20.2 Å². The molecule has 0 aliphatic carbocycles. The van der Waals surface area contributed by atoms with Crippen molar-refractivity contribution in [2.45, 2.75) is 81.5 Å². The molecule has 0 spiro atoms. The molecule has 6 aromatic rings. The highest BCUT2D eigenvalue weighted by Crippen LogP contribution is 2.49.